The topological polar surface area (TPSA) is 13.0 Å². The van der Waals surface area contributed by atoms with Crippen molar-refractivity contribution in [1.82, 2.24) is 0 Å². The minimum atomic E-state index is -1.42. The molecule has 2 atom stereocenters. The number of hydrogen-bond donors (Lipinski definition) is 0. The van der Waals surface area contributed by atoms with Crippen LogP contribution in [0.4, 0.5) is 62.6 Å². The van der Waals surface area contributed by atoms with Crippen LogP contribution in [0, 0.1) is 0 Å². The number of rotatable bonds is 6. The molecule has 1 saturated carbocycles. The molecule has 4 nitrogen and oxygen atoms in total. The average molecular weight is 814 g/mol. The molecule has 4 aliphatic rings. The Balaban J connectivity index is 1.36. The summed E-state index contributed by atoms with van der Waals surface area (Å²) in [5.74, 6) is 0. The summed E-state index contributed by atoms with van der Waals surface area (Å²) in [6.07, 6.45) is 1.66. The van der Waals surface area contributed by atoms with Crippen molar-refractivity contribution in [2.45, 2.75) is 50.5 Å². The van der Waals surface area contributed by atoms with E-state index in [1.165, 1.54) is 23.1 Å². The van der Waals surface area contributed by atoms with Gasteiger partial charge in [0.15, 0.2) is 0 Å². The predicted octanol–water partition coefficient (Wildman–Crippen LogP) is 13.0. The van der Waals surface area contributed by atoms with Crippen molar-refractivity contribution in [3.63, 3.8) is 0 Å². The summed E-state index contributed by atoms with van der Waals surface area (Å²) < 4.78 is 250. The van der Waals surface area contributed by atoms with Crippen molar-refractivity contribution in [1.29, 1.82) is 0 Å². The van der Waals surface area contributed by atoms with Crippen LogP contribution in [0.1, 0.15) is 82.1 Å². The number of fused-ring (bicyclic) bond motifs is 7. The van der Waals surface area contributed by atoms with Gasteiger partial charge in [-0.3, -0.25) is 0 Å². The Kier molecular flexibility index (Phi) is 4.05. The molecular weight excluding hydrogens is 739 g/mol. The average Bonchev–Trinajstić information content (AvgIpc) is 1.34. The molecule has 0 saturated heterocycles. The quantitative estimate of drug-likeness (QED) is 0.155. The molecule has 5 heteroatoms. The van der Waals surface area contributed by atoms with Crippen LogP contribution in [-0.2, 0) is 5.41 Å². The van der Waals surface area contributed by atoms with Gasteiger partial charge in [-0.15, -0.1) is 0 Å². The van der Waals surface area contributed by atoms with Crippen LogP contribution in [0.5, 0.6) is 0 Å². The molecule has 294 valence electrons. The molecule has 0 radical (unpaired) electrons. The molecule has 1 aliphatic carbocycles. The highest BCUT2D eigenvalue weighted by atomic mass is 15.3. The smallest absolute Gasteiger partial charge is 0.252 e. The van der Waals surface area contributed by atoms with E-state index in [4.69, 9.17) is 20.6 Å². The minimum Gasteiger partial charge on any atom is -0.334 e. The van der Waals surface area contributed by atoms with E-state index in [1.807, 2.05) is 13.8 Å². The van der Waals surface area contributed by atoms with E-state index in [0.29, 0.717) is 19.3 Å². The first-order valence-corrected chi connectivity index (χ1v) is 19.7. The molecule has 0 bridgehead atoms. The van der Waals surface area contributed by atoms with E-state index < -0.39 is 209 Å². The van der Waals surface area contributed by atoms with Crippen molar-refractivity contribution in [3.05, 3.63) is 205 Å². The van der Waals surface area contributed by atoms with E-state index >= 15 is 0 Å². The first-order chi connectivity index (χ1) is 41.2. The molecule has 0 N–H and O–H groups in total. The lowest BCUT2D eigenvalue weighted by atomic mass is 9.33. The van der Waals surface area contributed by atoms with Crippen molar-refractivity contribution in [3.8, 4) is 0 Å². The van der Waals surface area contributed by atoms with Crippen LogP contribution in [0.25, 0.3) is 0 Å². The third-order valence-corrected chi connectivity index (χ3v) is 12.7. The largest absolute Gasteiger partial charge is 0.334 e. The Morgan fingerprint density at radius 1 is 0.508 bits per heavy atom. The normalized spacial score (nSPS) is 25.6. The summed E-state index contributed by atoms with van der Waals surface area (Å²) in [6.45, 7) is 2.23. The van der Waals surface area contributed by atoms with Gasteiger partial charge in [0.1, 0.15) is 0 Å². The summed E-state index contributed by atoms with van der Waals surface area (Å²) >= 11 is 0. The van der Waals surface area contributed by atoms with Gasteiger partial charge in [-0.2, -0.15) is 0 Å². The van der Waals surface area contributed by atoms with Gasteiger partial charge in [0.25, 0.3) is 6.71 Å². The Morgan fingerprint density at radius 3 is 1.61 bits per heavy atom. The fourth-order valence-corrected chi connectivity index (χ4v) is 9.96. The molecular formula is C56H47BN4. The second kappa shape index (κ2) is 13.8. The van der Waals surface area contributed by atoms with Gasteiger partial charge < -0.3 is 19.6 Å². The maximum atomic E-state index is 11.0. The number of para-hydroxylation sites is 6. The lowest BCUT2D eigenvalue weighted by Gasteiger charge is -2.50. The highest BCUT2D eigenvalue weighted by Crippen LogP contribution is 2.62. The van der Waals surface area contributed by atoms with E-state index in [-0.39, 0.29) is 62.5 Å². The number of hydrogen-bond acceptors (Lipinski definition) is 4. The molecule has 8 aromatic rings. The van der Waals surface area contributed by atoms with Gasteiger partial charge >= 0.3 is 0 Å². The Labute approximate surface area is 398 Å². The maximum Gasteiger partial charge on any atom is 0.252 e. The van der Waals surface area contributed by atoms with E-state index in [0.717, 1.165) is 9.80 Å². The Morgan fingerprint density at radius 2 is 1.02 bits per heavy atom. The SMILES string of the molecule is [2H]c1c([2H])c([2H])c(N2c3ccccc3B3c4c2cc(N(c2c([2H])c([2H])c([2H])c([2H])c2[2H])c2c([2H])c([2H])c([2H])c([2H])c2[2H])cc4N(c2c([2H])c([2H])c([2H])c([2H])c2[2H])c2c([2H])c4c(c([2H])c23)N(c2c([2H])c([2H])c([2H])c([2H])c2[2H])C2(C)CCCCC42C)c([2H])c1[2H]. The fraction of sp³-hybridized carbons (Fsp3) is 0.143. The first kappa shape index (κ1) is 17.9. The van der Waals surface area contributed by atoms with Crippen LogP contribution < -0.4 is 36.0 Å². The molecule has 61 heavy (non-hydrogen) atoms. The van der Waals surface area contributed by atoms with Gasteiger partial charge in [-0.05, 0) is 132 Å². The maximum absolute atomic E-state index is 11.0. The molecule has 3 aliphatic heterocycles. The summed E-state index contributed by atoms with van der Waals surface area (Å²) in [5, 5.41) is 0. The second-order valence-electron chi connectivity index (χ2n) is 15.6. The van der Waals surface area contributed by atoms with Gasteiger partial charge in [0.2, 0.25) is 0 Å². The van der Waals surface area contributed by atoms with E-state index in [1.54, 1.807) is 23.1 Å². The lowest BCUT2D eigenvalue weighted by Crippen LogP contribution is -2.61. The van der Waals surface area contributed by atoms with Gasteiger partial charge in [0, 0.05) is 62.3 Å². The standard InChI is InChI=1S/C56H47BN4/c1-55-34-20-21-35-56(55,2)61(44-30-16-7-17-31-44)50-39-48-51(38-46(50)55)60(43-28-14-6-15-29-43)53-37-45(58(40-22-8-3-9-23-40)41-24-10-4-11-25-41)36-52-54(53)57(48)47-32-18-19-33-49(47)59(52)42-26-12-5-13-27-42/h3-19,22-33,36-39H,20-21,34-35H2,1-2H3/i3D,4D,5D,6D,7D,8D,9D,10D,11D,12D,13D,14D,15D,16D,17D,22D,23D,24D,25D,26D,27D,28D,29D,30D,31D,38D,39D. The van der Waals surface area contributed by atoms with Crippen molar-refractivity contribution >= 4 is 85.7 Å². The van der Waals surface area contributed by atoms with Crippen LogP contribution in [0.2, 0.25) is 0 Å². The third kappa shape index (κ3) is 5.26. The molecule has 0 aromatic heterocycles. The van der Waals surface area contributed by atoms with E-state index in [2.05, 4.69) is 0 Å². The summed E-state index contributed by atoms with van der Waals surface area (Å²) in [5.41, 5.74) is -6.74. The molecule has 0 amide bonds. The molecule has 12 rings (SSSR count). The van der Waals surface area contributed by atoms with Crippen molar-refractivity contribution in [2.75, 3.05) is 19.6 Å². The lowest BCUT2D eigenvalue weighted by molar-refractivity contribution is 0.195. The minimum absolute atomic E-state index is 0.0440. The monoisotopic (exact) mass is 814 g/mol. The first-order valence-electron chi connectivity index (χ1n) is 33.2. The van der Waals surface area contributed by atoms with Gasteiger partial charge in [0.05, 0.1) is 48.2 Å². The number of anilines is 11. The molecule has 0 spiro atoms. The Bertz CT molecular complexity index is 4330. The highest BCUT2D eigenvalue weighted by molar-refractivity contribution is 7.00. The van der Waals surface area contributed by atoms with E-state index in [9.17, 15) is 16.4 Å². The molecule has 1 fully saturated rings. The van der Waals surface area contributed by atoms with Crippen LogP contribution in [0.15, 0.2) is 200 Å². The fourth-order valence-electron chi connectivity index (χ4n) is 9.96. The van der Waals surface area contributed by atoms with Crippen LogP contribution in [-0.4, -0.2) is 12.3 Å². The van der Waals surface area contributed by atoms with Gasteiger partial charge in [-0.25, -0.2) is 0 Å². The molecule has 2 unspecified atom stereocenters. The zero-order chi connectivity index (χ0) is 64.2. The Hall–Kier alpha value is -6.98. The van der Waals surface area contributed by atoms with Crippen molar-refractivity contribution in [2.24, 2.45) is 0 Å². The molecule has 8 aromatic carbocycles. The summed E-state index contributed by atoms with van der Waals surface area (Å²) in [4.78, 5) is 4.72. The number of benzene rings is 8. The van der Waals surface area contributed by atoms with Gasteiger partial charge in [-0.1, -0.05) is 129 Å². The number of nitrogens with zero attached hydrogens (tertiary/aromatic N) is 4. The van der Waals surface area contributed by atoms with Crippen molar-refractivity contribution < 1.29 is 37.0 Å². The highest BCUT2D eigenvalue weighted by Gasteiger charge is 2.58. The zero-order valence-corrected chi connectivity index (χ0v) is 32.7. The van der Waals surface area contributed by atoms with Crippen LogP contribution in [0.3, 0.4) is 0 Å². The summed E-state index contributed by atoms with van der Waals surface area (Å²) in [6, 6.07) is -13.1. The molecule has 3 heterocycles. The van der Waals surface area contributed by atoms with Crippen LogP contribution >= 0.6 is 0 Å². The zero-order valence-electron chi connectivity index (χ0n) is 59.7. The predicted molar refractivity (Wildman–Crippen MR) is 258 cm³/mol. The second-order valence-corrected chi connectivity index (χ2v) is 15.6. The summed E-state index contributed by atoms with van der Waals surface area (Å²) in [7, 11) is 0. The third-order valence-electron chi connectivity index (χ3n) is 12.7.